The van der Waals surface area contributed by atoms with E-state index in [9.17, 15) is 5.11 Å². The molecule has 5 rings (SSSR count). The maximum Gasteiger partial charge on any atom is 0.136 e. The Balaban J connectivity index is 1.56. The molecule has 6 nitrogen and oxygen atoms in total. The van der Waals surface area contributed by atoms with E-state index < -0.39 is 6.10 Å². The minimum Gasteiger partial charge on any atom is -0.385 e. The molecule has 0 amide bonds. The number of aromatic amines is 2. The maximum atomic E-state index is 10.8. The molecule has 0 saturated heterocycles. The van der Waals surface area contributed by atoms with Crippen molar-refractivity contribution in [2.45, 2.75) is 18.9 Å². The number of nitrogens with one attached hydrogen (secondary N) is 2. The fourth-order valence-corrected chi connectivity index (χ4v) is 3.59. The summed E-state index contributed by atoms with van der Waals surface area (Å²) in [5.74, 6) is 0.498. The van der Waals surface area contributed by atoms with Crippen molar-refractivity contribution in [3.05, 3.63) is 78.4 Å². The molecule has 6 heteroatoms. The van der Waals surface area contributed by atoms with Crippen LogP contribution in [-0.4, -0.2) is 30.3 Å². The van der Waals surface area contributed by atoms with Gasteiger partial charge in [-0.1, -0.05) is 37.3 Å². The summed E-state index contributed by atoms with van der Waals surface area (Å²) in [6.07, 6.45) is 2.79. The van der Waals surface area contributed by atoms with E-state index in [1.807, 2.05) is 61.5 Å². The zero-order valence-electron chi connectivity index (χ0n) is 15.3. The van der Waals surface area contributed by atoms with Gasteiger partial charge >= 0.3 is 0 Å². The number of rotatable bonds is 4. The molecule has 3 aromatic heterocycles. The van der Waals surface area contributed by atoms with Crippen LogP contribution in [0.5, 0.6) is 0 Å². The lowest BCUT2D eigenvalue weighted by Crippen LogP contribution is -2.09. The van der Waals surface area contributed by atoms with Crippen LogP contribution in [0.2, 0.25) is 0 Å². The number of pyridine rings is 1. The highest BCUT2D eigenvalue weighted by molar-refractivity contribution is 6.00. The summed E-state index contributed by atoms with van der Waals surface area (Å²) in [4.78, 5) is 12.0. The molecule has 0 aliphatic carbocycles. The zero-order chi connectivity index (χ0) is 19.1. The van der Waals surface area contributed by atoms with Gasteiger partial charge in [-0.25, -0.2) is 4.98 Å². The van der Waals surface area contributed by atoms with Gasteiger partial charge in [0.2, 0.25) is 0 Å². The lowest BCUT2D eigenvalue weighted by molar-refractivity contribution is 0.143. The number of benzene rings is 2. The highest BCUT2D eigenvalue weighted by atomic mass is 16.3. The van der Waals surface area contributed by atoms with Gasteiger partial charge in [0.15, 0.2) is 0 Å². The van der Waals surface area contributed by atoms with Crippen LogP contribution < -0.4 is 0 Å². The van der Waals surface area contributed by atoms with Crippen molar-refractivity contribution < 1.29 is 5.11 Å². The number of H-pyrrole nitrogens is 2. The molecule has 3 N–H and O–H groups in total. The molecule has 5 aromatic rings. The molecule has 0 bridgehead atoms. The molecule has 28 heavy (non-hydrogen) atoms. The van der Waals surface area contributed by atoms with Gasteiger partial charge in [0.25, 0.3) is 0 Å². The van der Waals surface area contributed by atoms with Crippen LogP contribution in [0, 0.1) is 0 Å². The number of hydrogen-bond acceptors (Lipinski definition) is 4. The van der Waals surface area contributed by atoms with Crippen LogP contribution in [0.1, 0.15) is 30.3 Å². The van der Waals surface area contributed by atoms with Gasteiger partial charge in [-0.05, 0) is 29.8 Å². The summed E-state index contributed by atoms with van der Waals surface area (Å²) >= 11 is 0. The summed E-state index contributed by atoms with van der Waals surface area (Å²) in [7, 11) is 0. The second-order valence-corrected chi connectivity index (χ2v) is 6.99. The Labute approximate surface area is 161 Å². The second-order valence-electron chi connectivity index (χ2n) is 6.99. The summed E-state index contributed by atoms with van der Waals surface area (Å²) in [5.41, 5.74) is 5.52. The smallest absolute Gasteiger partial charge is 0.136 e. The van der Waals surface area contributed by atoms with Gasteiger partial charge in [-0.15, -0.1) is 0 Å². The normalized spacial score (nSPS) is 13.8. The highest BCUT2D eigenvalue weighted by Gasteiger charge is 2.22. The molecule has 2 aromatic carbocycles. The van der Waals surface area contributed by atoms with Gasteiger partial charge in [0.05, 0.1) is 16.6 Å². The van der Waals surface area contributed by atoms with Crippen LogP contribution in [0.4, 0.5) is 0 Å². The number of hydrogen-bond donors (Lipinski definition) is 3. The van der Waals surface area contributed by atoms with Crippen molar-refractivity contribution in [1.29, 1.82) is 0 Å². The third-order valence-corrected chi connectivity index (χ3v) is 5.22. The van der Waals surface area contributed by atoms with Crippen LogP contribution in [0.25, 0.3) is 33.2 Å². The van der Waals surface area contributed by atoms with Crippen LogP contribution in [0.3, 0.4) is 0 Å². The van der Waals surface area contributed by atoms with Crippen LogP contribution in [-0.2, 0) is 0 Å². The lowest BCUT2D eigenvalue weighted by Gasteiger charge is -2.17. The molecule has 3 heterocycles. The zero-order valence-corrected chi connectivity index (χ0v) is 15.3. The van der Waals surface area contributed by atoms with Crippen molar-refractivity contribution in [3.8, 4) is 11.3 Å². The molecule has 2 unspecified atom stereocenters. The minimum atomic E-state index is -0.717. The molecule has 0 aliphatic rings. The molecular weight excluding hydrogens is 350 g/mol. The van der Waals surface area contributed by atoms with Crippen LogP contribution >= 0.6 is 0 Å². The van der Waals surface area contributed by atoms with Gasteiger partial charge in [-0.3, -0.25) is 10.1 Å². The standard InChI is InChI=1S/C22H19N5O/c1-13(14-5-3-2-4-6-14)21(28)22-24-18-11-16-17(12-19(18)25-22)26-27-20(16)15-7-9-23-10-8-15/h2-13,21,28H,1H3,(H,24,25)(H,26,27). The van der Waals surface area contributed by atoms with E-state index in [1.165, 1.54) is 0 Å². The number of aliphatic hydroxyl groups excluding tert-OH is 1. The molecule has 0 spiro atoms. The third kappa shape index (κ3) is 2.75. The number of nitrogens with zero attached hydrogens (tertiary/aromatic N) is 3. The van der Waals surface area contributed by atoms with Crippen molar-refractivity contribution >= 4 is 21.9 Å². The summed E-state index contributed by atoms with van der Waals surface area (Å²) in [6, 6.07) is 17.8. The van der Waals surface area contributed by atoms with Gasteiger partial charge in [0, 0.05) is 29.3 Å². The average molecular weight is 369 g/mol. The fraction of sp³-hybridized carbons (Fsp3) is 0.136. The lowest BCUT2D eigenvalue weighted by atomic mass is 9.95. The topological polar surface area (TPSA) is 90.5 Å². The third-order valence-electron chi connectivity index (χ3n) is 5.22. The SMILES string of the molecule is CC(c1ccccc1)C(O)c1nc2cc3c(-c4ccncc4)n[nH]c3cc2[nH]1. The van der Waals surface area contributed by atoms with E-state index in [4.69, 9.17) is 0 Å². The number of fused-ring (bicyclic) bond motifs is 2. The van der Waals surface area contributed by atoms with Crippen molar-refractivity contribution in [2.75, 3.05) is 0 Å². The van der Waals surface area contributed by atoms with E-state index in [-0.39, 0.29) is 5.92 Å². The summed E-state index contributed by atoms with van der Waals surface area (Å²) < 4.78 is 0. The monoisotopic (exact) mass is 369 g/mol. The Hall–Kier alpha value is -3.51. The van der Waals surface area contributed by atoms with E-state index in [1.54, 1.807) is 12.4 Å². The molecule has 0 saturated carbocycles. The van der Waals surface area contributed by atoms with Gasteiger partial charge < -0.3 is 10.1 Å². The second kappa shape index (κ2) is 6.58. The minimum absolute atomic E-state index is 0.0688. The maximum absolute atomic E-state index is 10.8. The van der Waals surface area contributed by atoms with Crippen molar-refractivity contribution in [3.63, 3.8) is 0 Å². The number of imidazole rings is 1. The Bertz CT molecular complexity index is 1240. The fourth-order valence-electron chi connectivity index (χ4n) is 3.59. The molecular formula is C22H19N5O. The summed E-state index contributed by atoms with van der Waals surface area (Å²) in [5, 5.41) is 19.4. The highest BCUT2D eigenvalue weighted by Crippen LogP contribution is 2.32. The van der Waals surface area contributed by atoms with Crippen molar-refractivity contribution in [1.82, 2.24) is 25.1 Å². The van der Waals surface area contributed by atoms with Crippen LogP contribution in [0.15, 0.2) is 67.0 Å². The first kappa shape index (κ1) is 16.6. The predicted molar refractivity (Wildman–Crippen MR) is 109 cm³/mol. The van der Waals surface area contributed by atoms with E-state index in [2.05, 4.69) is 25.1 Å². The van der Waals surface area contributed by atoms with Crippen molar-refractivity contribution in [2.24, 2.45) is 0 Å². The van der Waals surface area contributed by atoms with E-state index in [0.29, 0.717) is 5.82 Å². The predicted octanol–water partition coefficient (Wildman–Crippen LogP) is 4.34. The Morgan fingerprint density at radius 3 is 2.54 bits per heavy atom. The first-order chi connectivity index (χ1) is 13.7. The molecule has 0 fully saturated rings. The average Bonchev–Trinajstić information content (AvgIpc) is 3.35. The molecule has 2 atom stereocenters. The van der Waals surface area contributed by atoms with Gasteiger partial charge in [0.1, 0.15) is 17.6 Å². The molecule has 138 valence electrons. The summed E-state index contributed by atoms with van der Waals surface area (Å²) in [6.45, 7) is 2.00. The number of aliphatic hydroxyl groups is 1. The quantitative estimate of drug-likeness (QED) is 0.439. The Morgan fingerprint density at radius 2 is 1.75 bits per heavy atom. The Kier molecular flexibility index (Phi) is 3.91. The number of aromatic nitrogens is 5. The first-order valence-electron chi connectivity index (χ1n) is 9.22. The molecule has 0 radical (unpaired) electrons. The van der Waals surface area contributed by atoms with E-state index >= 15 is 0 Å². The molecule has 0 aliphatic heterocycles. The first-order valence-corrected chi connectivity index (χ1v) is 9.22. The van der Waals surface area contributed by atoms with Gasteiger partial charge in [-0.2, -0.15) is 5.10 Å². The van der Waals surface area contributed by atoms with E-state index in [0.717, 1.165) is 38.8 Å². The Morgan fingerprint density at radius 1 is 0.964 bits per heavy atom. The largest absolute Gasteiger partial charge is 0.385 e.